The van der Waals surface area contributed by atoms with Crippen LogP contribution in [0.25, 0.3) is 5.57 Å². The molecule has 0 unspecified atom stereocenters. The molecule has 11 heteroatoms. The van der Waals surface area contributed by atoms with Crippen molar-refractivity contribution in [2.75, 3.05) is 39.1 Å². The van der Waals surface area contributed by atoms with Gasteiger partial charge in [-0.25, -0.2) is 0 Å². The van der Waals surface area contributed by atoms with E-state index in [-0.39, 0.29) is 9.79 Å². The highest BCUT2D eigenvalue weighted by molar-refractivity contribution is 7.86. The van der Waals surface area contributed by atoms with Crippen LogP contribution < -0.4 is 4.90 Å². The van der Waals surface area contributed by atoms with Crippen molar-refractivity contribution in [1.82, 2.24) is 4.98 Å². The molecule has 0 atom stereocenters. The van der Waals surface area contributed by atoms with E-state index in [9.17, 15) is 25.9 Å². The molecule has 0 amide bonds. The van der Waals surface area contributed by atoms with Crippen LogP contribution in [0, 0.1) is 6.92 Å². The van der Waals surface area contributed by atoms with Gasteiger partial charge in [0.05, 0.1) is 37.5 Å². The van der Waals surface area contributed by atoms with E-state index < -0.39 is 31.1 Å². The number of fused-ring (bicyclic) bond motifs is 1. The number of anilines is 1. The fraction of sp³-hybridized carbons (Fsp3) is 0.342. The third kappa shape index (κ3) is 8.66. The summed E-state index contributed by atoms with van der Waals surface area (Å²) in [5.41, 5.74) is 5.53. The predicted molar refractivity (Wildman–Crippen MR) is 197 cm³/mol. The first kappa shape index (κ1) is 37.9. The third-order valence-electron chi connectivity index (χ3n) is 9.25. The topological polar surface area (TPSA) is 125 Å². The number of pyridine rings is 1. The van der Waals surface area contributed by atoms with E-state index in [0.717, 1.165) is 62.2 Å². The molecule has 2 aromatic carbocycles. The summed E-state index contributed by atoms with van der Waals surface area (Å²) in [6.45, 7) is 15.9. The van der Waals surface area contributed by atoms with Gasteiger partial charge in [-0.15, -0.1) is 0 Å². The van der Waals surface area contributed by atoms with Crippen molar-refractivity contribution in [3.05, 3.63) is 125 Å². The van der Waals surface area contributed by atoms with Gasteiger partial charge in [0.15, 0.2) is 0 Å². The van der Waals surface area contributed by atoms with Crippen LogP contribution in [0.3, 0.4) is 0 Å². The van der Waals surface area contributed by atoms with E-state index in [1.165, 1.54) is 18.2 Å². The first-order valence-corrected chi connectivity index (χ1v) is 18.9. The SMILES string of the molecule is C=C(/C=C/C(=C/C=C1/N(CCC[N+](C)(C)C)c2ccc(S(=O)(=O)O)cc2C1(C)C)c1ccncc1)C(C)(C)c1cc(S(=O)(=O)O)ccc1C. The standard InChI is InChI=1S/C38H47N3O6S2/c1-27-11-15-31(48(42,43)44)25-33(27)37(3,4)28(2)12-13-29(30-19-21-39-22-20-30)14-18-36-38(5,6)34-26-32(49(45,46)47)16-17-35(34)40(36)23-10-24-41(7,8)9/h11-22,25-26H,2,10,23-24H2,1,3-9H3,(H-,42,43,44,45,46,47)/p+1/b13-12+,29-14-,36-18+. The van der Waals surface area contributed by atoms with Gasteiger partial charge < -0.3 is 9.38 Å². The number of benzene rings is 2. The molecular formula is C38H48N3O6S2+. The zero-order valence-electron chi connectivity index (χ0n) is 29.6. The van der Waals surface area contributed by atoms with Crippen LogP contribution in [0.2, 0.25) is 0 Å². The number of allylic oxidation sites excluding steroid dienone is 7. The molecular weight excluding hydrogens is 659 g/mol. The Balaban J connectivity index is 1.80. The van der Waals surface area contributed by atoms with Crippen molar-refractivity contribution in [3.63, 3.8) is 0 Å². The Kier molecular flexibility index (Phi) is 10.7. The highest BCUT2D eigenvalue weighted by Gasteiger charge is 2.40. The Bertz CT molecular complexity index is 2060. The van der Waals surface area contributed by atoms with E-state index in [1.807, 2.05) is 51.1 Å². The van der Waals surface area contributed by atoms with Gasteiger partial charge in [0.2, 0.25) is 0 Å². The fourth-order valence-electron chi connectivity index (χ4n) is 6.23. The molecule has 49 heavy (non-hydrogen) atoms. The molecule has 262 valence electrons. The van der Waals surface area contributed by atoms with E-state index in [4.69, 9.17) is 0 Å². The maximum atomic E-state index is 12.1. The first-order chi connectivity index (χ1) is 22.5. The molecule has 0 radical (unpaired) electrons. The van der Waals surface area contributed by atoms with Gasteiger partial charge in [-0.1, -0.05) is 58.6 Å². The minimum absolute atomic E-state index is 0.138. The summed E-state index contributed by atoms with van der Waals surface area (Å²) in [4.78, 5) is 6.11. The van der Waals surface area contributed by atoms with Crippen LogP contribution in [0.1, 0.15) is 56.4 Å². The predicted octanol–water partition coefficient (Wildman–Crippen LogP) is 7.14. The molecule has 1 aliphatic heterocycles. The van der Waals surface area contributed by atoms with E-state index in [0.29, 0.717) is 6.54 Å². The number of nitrogens with zero attached hydrogens (tertiary/aromatic N) is 3. The molecule has 0 spiro atoms. The van der Waals surface area contributed by atoms with E-state index in [2.05, 4.69) is 57.5 Å². The van der Waals surface area contributed by atoms with Crippen LogP contribution in [-0.4, -0.2) is 69.6 Å². The van der Waals surface area contributed by atoms with Crippen molar-refractivity contribution in [1.29, 1.82) is 0 Å². The summed E-state index contributed by atoms with van der Waals surface area (Å²) in [6, 6.07) is 13.2. The average Bonchev–Trinajstić information content (AvgIpc) is 3.20. The molecule has 0 fully saturated rings. The van der Waals surface area contributed by atoms with Crippen molar-refractivity contribution in [2.24, 2.45) is 0 Å². The summed E-state index contributed by atoms with van der Waals surface area (Å²) in [7, 11) is -2.32. The highest BCUT2D eigenvalue weighted by Crippen LogP contribution is 2.48. The molecule has 1 aromatic heterocycles. The number of hydrogen-bond acceptors (Lipinski definition) is 6. The van der Waals surface area contributed by atoms with Gasteiger partial charge in [-0.05, 0) is 88.9 Å². The molecule has 0 saturated carbocycles. The van der Waals surface area contributed by atoms with Gasteiger partial charge in [0, 0.05) is 47.6 Å². The van der Waals surface area contributed by atoms with Gasteiger partial charge in [0.1, 0.15) is 0 Å². The van der Waals surface area contributed by atoms with E-state index >= 15 is 0 Å². The van der Waals surface area contributed by atoms with Crippen LogP contribution >= 0.6 is 0 Å². The highest BCUT2D eigenvalue weighted by atomic mass is 32.2. The molecule has 0 bridgehead atoms. The molecule has 3 aromatic rings. The Hall–Kier alpha value is -3.87. The molecule has 4 rings (SSSR count). The lowest BCUT2D eigenvalue weighted by molar-refractivity contribution is -0.870. The van der Waals surface area contributed by atoms with Crippen LogP contribution in [0.15, 0.2) is 113 Å². The third-order valence-corrected chi connectivity index (χ3v) is 11.0. The van der Waals surface area contributed by atoms with Crippen LogP contribution in [0.4, 0.5) is 5.69 Å². The van der Waals surface area contributed by atoms with Crippen LogP contribution in [-0.2, 0) is 31.1 Å². The second kappa shape index (κ2) is 13.8. The minimum Gasteiger partial charge on any atom is -0.344 e. The summed E-state index contributed by atoms with van der Waals surface area (Å²) < 4.78 is 68.3. The van der Waals surface area contributed by atoms with Gasteiger partial charge >= 0.3 is 0 Å². The second-order valence-electron chi connectivity index (χ2n) is 14.6. The van der Waals surface area contributed by atoms with Crippen LogP contribution in [0.5, 0.6) is 0 Å². The molecule has 1 aliphatic rings. The number of rotatable bonds is 12. The summed E-state index contributed by atoms with van der Waals surface area (Å²) in [5, 5.41) is 0. The van der Waals surface area contributed by atoms with Gasteiger partial charge in [-0.2, -0.15) is 16.8 Å². The smallest absolute Gasteiger partial charge is 0.294 e. The Morgan fingerprint density at radius 3 is 2.12 bits per heavy atom. The number of hydrogen-bond donors (Lipinski definition) is 2. The molecule has 2 heterocycles. The average molecular weight is 707 g/mol. The summed E-state index contributed by atoms with van der Waals surface area (Å²) in [5.74, 6) is 0. The number of quaternary nitrogens is 1. The lowest BCUT2D eigenvalue weighted by atomic mass is 9.76. The Morgan fingerprint density at radius 2 is 1.53 bits per heavy atom. The lowest BCUT2D eigenvalue weighted by Crippen LogP contribution is -2.37. The maximum Gasteiger partial charge on any atom is 0.294 e. The Morgan fingerprint density at radius 1 is 0.939 bits per heavy atom. The largest absolute Gasteiger partial charge is 0.344 e. The molecule has 0 aliphatic carbocycles. The van der Waals surface area contributed by atoms with Crippen molar-refractivity contribution in [3.8, 4) is 0 Å². The molecule has 9 nitrogen and oxygen atoms in total. The maximum absolute atomic E-state index is 12.1. The monoisotopic (exact) mass is 706 g/mol. The zero-order chi connectivity index (χ0) is 36.6. The second-order valence-corrected chi connectivity index (χ2v) is 17.5. The zero-order valence-corrected chi connectivity index (χ0v) is 31.2. The minimum atomic E-state index is -4.39. The van der Waals surface area contributed by atoms with Crippen molar-refractivity contribution >= 4 is 31.5 Å². The number of aryl methyl sites for hydroxylation is 1. The fourth-order valence-corrected chi connectivity index (χ4v) is 7.24. The summed E-state index contributed by atoms with van der Waals surface area (Å²) in [6.07, 6.45) is 12.3. The van der Waals surface area contributed by atoms with Gasteiger partial charge in [0.25, 0.3) is 20.2 Å². The van der Waals surface area contributed by atoms with Crippen molar-refractivity contribution in [2.45, 2.75) is 61.7 Å². The summed E-state index contributed by atoms with van der Waals surface area (Å²) >= 11 is 0. The molecule has 0 saturated heterocycles. The molecule has 2 N–H and O–H groups in total. The quantitative estimate of drug-likeness (QED) is 0.116. The lowest BCUT2D eigenvalue weighted by Gasteiger charge is -2.29. The van der Waals surface area contributed by atoms with Crippen molar-refractivity contribution < 1.29 is 30.4 Å². The number of aromatic nitrogens is 1. The normalized spacial score (nSPS) is 16.4. The van der Waals surface area contributed by atoms with E-state index in [1.54, 1.807) is 30.6 Å². The Labute approximate surface area is 292 Å². The first-order valence-electron chi connectivity index (χ1n) is 16.0. The van der Waals surface area contributed by atoms with Gasteiger partial charge in [-0.3, -0.25) is 14.1 Å².